The predicted molar refractivity (Wildman–Crippen MR) is 77.0 cm³/mol. The highest BCUT2D eigenvalue weighted by molar-refractivity contribution is 7.71. The first-order chi connectivity index (χ1) is 9.43. The van der Waals surface area contributed by atoms with Crippen LogP contribution in [-0.4, -0.2) is 43.2 Å². The molecule has 2 atom stereocenters. The van der Waals surface area contributed by atoms with Crippen molar-refractivity contribution in [1.82, 2.24) is 14.3 Å². The van der Waals surface area contributed by atoms with Crippen LogP contribution < -0.4 is 5.73 Å². The highest BCUT2D eigenvalue weighted by Gasteiger charge is 2.24. The molecule has 20 heavy (non-hydrogen) atoms. The molecule has 112 valence electrons. The highest BCUT2D eigenvalue weighted by Crippen LogP contribution is 2.13. The van der Waals surface area contributed by atoms with Crippen molar-refractivity contribution >= 4 is 18.2 Å². The minimum atomic E-state index is -1.10. The predicted octanol–water partition coefficient (Wildman–Crippen LogP) is 0.498. The van der Waals surface area contributed by atoms with E-state index in [-0.39, 0.29) is 6.61 Å². The van der Waals surface area contributed by atoms with E-state index < -0.39 is 18.1 Å². The third-order valence-electron chi connectivity index (χ3n) is 3.02. The van der Waals surface area contributed by atoms with Gasteiger partial charge in [-0.05, 0) is 25.6 Å². The summed E-state index contributed by atoms with van der Waals surface area (Å²) in [6.07, 6.45) is 2.80. The molecule has 0 bridgehead atoms. The van der Waals surface area contributed by atoms with Gasteiger partial charge in [0.15, 0.2) is 4.77 Å². The number of aliphatic hydroxyl groups excluding tert-OH is 1. The Kier molecular flexibility index (Phi) is 6.05. The van der Waals surface area contributed by atoms with Gasteiger partial charge in [0, 0.05) is 19.6 Å². The molecule has 1 rings (SSSR count). The van der Waals surface area contributed by atoms with Crippen LogP contribution in [0.25, 0.3) is 0 Å². The van der Waals surface area contributed by atoms with Crippen LogP contribution >= 0.6 is 12.2 Å². The number of aryl methyl sites for hydroxylation is 1. The van der Waals surface area contributed by atoms with Gasteiger partial charge in [-0.15, -0.1) is 6.58 Å². The molecule has 1 aromatic rings. The molecule has 0 fully saturated rings. The zero-order valence-corrected chi connectivity index (χ0v) is 12.2. The first kappa shape index (κ1) is 16.5. The number of hydrogen-bond acceptors (Lipinski definition) is 5. The minimum absolute atomic E-state index is 0.0535. The molecule has 0 spiro atoms. The zero-order valence-electron chi connectivity index (χ0n) is 11.4. The topological polar surface area (TPSA) is 106 Å². The Morgan fingerprint density at radius 2 is 2.30 bits per heavy atom. The molecule has 1 aromatic heterocycles. The summed E-state index contributed by atoms with van der Waals surface area (Å²) in [6.45, 7) is 5.86. The van der Waals surface area contributed by atoms with Gasteiger partial charge in [-0.3, -0.25) is 4.79 Å². The largest absolute Gasteiger partial charge is 0.480 e. The van der Waals surface area contributed by atoms with E-state index in [0.29, 0.717) is 30.0 Å². The van der Waals surface area contributed by atoms with Crippen LogP contribution in [0.2, 0.25) is 0 Å². The standard InChI is InChI=1S/C12H20N4O3S/c1-3-6-15-9(5-4-7-17)14-16(12(15)20)8(2)10(13)11(18)19/h3,8,10,17H,1,4-7,13H2,2H3,(H,18,19)/t8-,10-/m0/s1. The van der Waals surface area contributed by atoms with Gasteiger partial charge in [-0.2, -0.15) is 5.10 Å². The lowest BCUT2D eigenvalue weighted by molar-refractivity contribution is -0.139. The number of carboxylic acid groups (broad SMARTS) is 1. The Balaban J connectivity index is 3.17. The second kappa shape index (κ2) is 7.32. The summed E-state index contributed by atoms with van der Waals surface area (Å²) in [5, 5.41) is 22.2. The third-order valence-corrected chi connectivity index (χ3v) is 3.43. The number of hydrogen-bond donors (Lipinski definition) is 3. The van der Waals surface area contributed by atoms with Crippen molar-refractivity contribution in [3.8, 4) is 0 Å². The van der Waals surface area contributed by atoms with Gasteiger partial charge in [0.1, 0.15) is 11.9 Å². The smallest absolute Gasteiger partial charge is 0.322 e. The third kappa shape index (κ3) is 3.53. The minimum Gasteiger partial charge on any atom is -0.480 e. The number of rotatable bonds is 8. The van der Waals surface area contributed by atoms with Crippen molar-refractivity contribution in [2.24, 2.45) is 5.73 Å². The molecular formula is C12H20N4O3S. The normalized spacial score (nSPS) is 13.9. The molecule has 0 aliphatic rings. The molecule has 0 saturated carbocycles. The lowest BCUT2D eigenvalue weighted by Gasteiger charge is -2.15. The molecule has 4 N–H and O–H groups in total. The summed E-state index contributed by atoms with van der Waals surface area (Å²) in [7, 11) is 0. The van der Waals surface area contributed by atoms with Crippen molar-refractivity contribution < 1.29 is 15.0 Å². The van der Waals surface area contributed by atoms with Crippen LogP contribution in [0.5, 0.6) is 0 Å². The molecule has 0 saturated heterocycles. The van der Waals surface area contributed by atoms with E-state index in [9.17, 15) is 4.79 Å². The number of carbonyl (C=O) groups is 1. The van der Waals surface area contributed by atoms with E-state index in [1.54, 1.807) is 17.6 Å². The van der Waals surface area contributed by atoms with Crippen molar-refractivity contribution in [3.05, 3.63) is 23.3 Å². The van der Waals surface area contributed by atoms with Gasteiger partial charge in [0.2, 0.25) is 0 Å². The summed E-state index contributed by atoms with van der Waals surface area (Å²) >= 11 is 5.32. The number of aliphatic carboxylic acids is 1. The number of nitrogens with two attached hydrogens (primary N) is 1. The van der Waals surface area contributed by atoms with E-state index in [0.717, 1.165) is 0 Å². The average molecular weight is 300 g/mol. The van der Waals surface area contributed by atoms with Crippen molar-refractivity contribution in [2.75, 3.05) is 6.61 Å². The molecule has 0 aliphatic heterocycles. The maximum Gasteiger partial charge on any atom is 0.322 e. The summed E-state index contributed by atoms with van der Waals surface area (Å²) in [5.74, 6) is -0.414. The van der Waals surface area contributed by atoms with Gasteiger partial charge >= 0.3 is 5.97 Å². The monoisotopic (exact) mass is 300 g/mol. The number of aliphatic hydroxyl groups is 1. The quantitative estimate of drug-likeness (QED) is 0.477. The Labute approximate surface area is 122 Å². The molecule has 0 aliphatic carbocycles. The molecule has 0 aromatic carbocycles. The fourth-order valence-corrected chi connectivity index (χ4v) is 2.20. The van der Waals surface area contributed by atoms with E-state index in [1.807, 2.05) is 0 Å². The number of allylic oxidation sites excluding steroid dienone is 1. The Morgan fingerprint density at radius 1 is 1.65 bits per heavy atom. The Hall–Kier alpha value is -1.51. The van der Waals surface area contributed by atoms with Gasteiger partial charge in [0.05, 0.1) is 6.04 Å². The zero-order chi connectivity index (χ0) is 15.3. The van der Waals surface area contributed by atoms with Crippen LogP contribution in [0, 0.1) is 4.77 Å². The molecule has 0 unspecified atom stereocenters. The summed E-state index contributed by atoms with van der Waals surface area (Å²) in [6, 6.07) is -1.64. The van der Waals surface area contributed by atoms with Crippen LogP contribution in [0.1, 0.15) is 25.2 Å². The van der Waals surface area contributed by atoms with Crippen LogP contribution in [0.4, 0.5) is 0 Å². The summed E-state index contributed by atoms with van der Waals surface area (Å²) < 4.78 is 3.62. The number of aromatic nitrogens is 3. The van der Waals surface area contributed by atoms with E-state index in [2.05, 4.69) is 11.7 Å². The Morgan fingerprint density at radius 3 is 2.80 bits per heavy atom. The van der Waals surface area contributed by atoms with Crippen molar-refractivity contribution in [3.63, 3.8) is 0 Å². The van der Waals surface area contributed by atoms with Crippen LogP contribution in [-0.2, 0) is 17.8 Å². The molecule has 0 amide bonds. The maximum atomic E-state index is 11.0. The molecule has 1 heterocycles. The lowest BCUT2D eigenvalue weighted by atomic mass is 10.1. The van der Waals surface area contributed by atoms with Gasteiger partial charge in [0.25, 0.3) is 0 Å². The fraction of sp³-hybridized carbons (Fsp3) is 0.583. The summed E-state index contributed by atoms with van der Waals surface area (Å²) in [4.78, 5) is 11.0. The van der Waals surface area contributed by atoms with E-state index in [4.69, 9.17) is 28.2 Å². The molecule has 7 nitrogen and oxygen atoms in total. The number of carboxylic acids is 1. The SMILES string of the molecule is C=CCn1c(CCCO)nn([C@@H](C)[C@H](N)C(=O)O)c1=S. The number of nitrogens with zero attached hydrogens (tertiary/aromatic N) is 3. The van der Waals surface area contributed by atoms with Gasteiger partial charge in [-0.25, -0.2) is 4.68 Å². The van der Waals surface area contributed by atoms with Crippen LogP contribution in [0.3, 0.4) is 0 Å². The highest BCUT2D eigenvalue weighted by atomic mass is 32.1. The maximum absolute atomic E-state index is 11.0. The summed E-state index contributed by atoms with van der Waals surface area (Å²) in [5.41, 5.74) is 5.62. The van der Waals surface area contributed by atoms with E-state index in [1.165, 1.54) is 4.68 Å². The average Bonchev–Trinajstić information content (AvgIpc) is 2.72. The molecule has 0 radical (unpaired) electrons. The Bertz CT molecular complexity index is 537. The second-order valence-corrected chi connectivity index (χ2v) is 4.84. The van der Waals surface area contributed by atoms with Crippen LogP contribution in [0.15, 0.2) is 12.7 Å². The van der Waals surface area contributed by atoms with Gasteiger partial charge < -0.3 is 20.5 Å². The lowest BCUT2D eigenvalue weighted by Crippen LogP contribution is -2.38. The fourth-order valence-electron chi connectivity index (χ4n) is 1.81. The molecular weight excluding hydrogens is 280 g/mol. The van der Waals surface area contributed by atoms with Gasteiger partial charge in [-0.1, -0.05) is 6.08 Å². The first-order valence-corrected chi connectivity index (χ1v) is 6.73. The first-order valence-electron chi connectivity index (χ1n) is 6.32. The van der Waals surface area contributed by atoms with Crippen molar-refractivity contribution in [1.29, 1.82) is 0 Å². The molecule has 8 heteroatoms. The van der Waals surface area contributed by atoms with E-state index >= 15 is 0 Å². The second-order valence-electron chi connectivity index (χ2n) is 4.47. The van der Waals surface area contributed by atoms with Crippen molar-refractivity contribution in [2.45, 2.75) is 38.4 Å².